The van der Waals surface area contributed by atoms with Crippen molar-refractivity contribution in [3.05, 3.63) is 114 Å². The number of esters is 1. The highest BCUT2D eigenvalue weighted by Crippen LogP contribution is 2.31. The minimum absolute atomic E-state index is 0.0454. The topological polar surface area (TPSA) is 35.5 Å². The molecule has 0 fully saturated rings. The van der Waals surface area contributed by atoms with Gasteiger partial charge in [0.15, 0.2) is 23.1 Å². The Labute approximate surface area is 194 Å². The Morgan fingerprint density at radius 3 is 2.00 bits per heavy atom. The number of methoxy groups -OCH3 is 1. The monoisotopic (exact) mass is 460 g/mol. The van der Waals surface area contributed by atoms with Crippen molar-refractivity contribution in [1.82, 2.24) is 0 Å². The van der Waals surface area contributed by atoms with E-state index >= 15 is 0 Å². The second-order valence-corrected chi connectivity index (χ2v) is 7.38. The predicted molar refractivity (Wildman–Crippen MR) is 125 cm³/mol. The summed E-state index contributed by atoms with van der Waals surface area (Å²) in [6, 6.07) is 20.0. The predicted octanol–water partition coefficient (Wildman–Crippen LogP) is 7.31. The van der Waals surface area contributed by atoms with Crippen molar-refractivity contribution >= 4 is 12.0 Å². The van der Waals surface area contributed by atoms with E-state index in [4.69, 9.17) is 9.47 Å². The molecule has 170 valence electrons. The van der Waals surface area contributed by atoms with Crippen LogP contribution in [0, 0.1) is 17.5 Å². The minimum atomic E-state index is -1.26. The molecule has 4 rings (SSSR count). The lowest BCUT2D eigenvalue weighted by Gasteiger charge is -2.10. The third-order valence-corrected chi connectivity index (χ3v) is 5.31. The molecule has 3 nitrogen and oxygen atoms in total. The number of halogens is 3. The number of carbonyl (C=O) groups is 1. The van der Waals surface area contributed by atoms with Crippen molar-refractivity contribution in [2.45, 2.75) is 0 Å². The first-order chi connectivity index (χ1) is 16.4. The Bertz CT molecular complexity index is 1360. The summed E-state index contributed by atoms with van der Waals surface area (Å²) in [5, 5.41) is 0. The molecule has 0 bridgehead atoms. The van der Waals surface area contributed by atoms with Crippen molar-refractivity contribution in [1.29, 1.82) is 0 Å². The van der Waals surface area contributed by atoms with Crippen LogP contribution >= 0.6 is 0 Å². The molecule has 0 saturated carbocycles. The van der Waals surface area contributed by atoms with Gasteiger partial charge in [-0.25, -0.2) is 13.6 Å². The van der Waals surface area contributed by atoms with Gasteiger partial charge in [0, 0.05) is 5.56 Å². The van der Waals surface area contributed by atoms with Crippen molar-refractivity contribution in [2.24, 2.45) is 0 Å². The van der Waals surface area contributed by atoms with Crippen molar-refractivity contribution in [2.75, 3.05) is 7.11 Å². The van der Waals surface area contributed by atoms with Crippen LogP contribution in [0.4, 0.5) is 13.2 Å². The van der Waals surface area contributed by atoms with Gasteiger partial charge in [-0.1, -0.05) is 55.1 Å². The van der Waals surface area contributed by atoms with E-state index in [2.05, 4.69) is 6.58 Å². The van der Waals surface area contributed by atoms with E-state index in [1.165, 1.54) is 43.5 Å². The molecule has 0 radical (unpaired) electrons. The maximum atomic E-state index is 14.7. The molecule has 0 aliphatic carbocycles. The fraction of sp³-hybridized carbons (Fsp3) is 0.0357. The summed E-state index contributed by atoms with van der Waals surface area (Å²) in [6.45, 7) is 3.66. The molecule has 0 heterocycles. The SMILES string of the molecule is C=Cc1ccc(-c2ccc(OC(=O)c3ccc(-c4ccc(OC)c(F)c4)cc3)c(F)c2F)cc1. The Hall–Kier alpha value is -4.32. The molecule has 0 spiro atoms. The summed E-state index contributed by atoms with van der Waals surface area (Å²) >= 11 is 0. The molecule has 0 aliphatic rings. The summed E-state index contributed by atoms with van der Waals surface area (Å²) < 4.78 is 53.3. The molecular weight excluding hydrogens is 441 g/mol. The van der Waals surface area contributed by atoms with Gasteiger partial charge in [0.25, 0.3) is 0 Å². The first kappa shape index (κ1) is 22.9. The van der Waals surface area contributed by atoms with Crippen LogP contribution in [-0.2, 0) is 0 Å². The maximum Gasteiger partial charge on any atom is 0.343 e. The third kappa shape index (κ3) is 4.57. The van der Waals surface area contributed by atoms with E-state index in [0.29, 0.717) is 16.7 Å². The zero-order chi connectivity index (χ0) is 24.2. The maximum absolute atomic E-state index is 14.7. The van der Waals surface area contributed by atoms with Crippen molar-refractivity contribution in [3.63, 3.8) is 0 Å². The van der Waals surface area contributed by atoms with Crippen molar-refractivity contribution in [3.8, 4) is 33.8 Å². The summed E-state index contributed by atoms with van der Waals surface area (Å²) in [5.74, 6) is -4.14. The smallest absolute Gasteiger partial charge is 0.343 e. The van der Waals surface area contributed by atoms with Crippen LogP contribution in [-0.4, -0.2) is 13.1 Å². The van der Waals surface area contributed by atoms with Gasteiger partial charge in [0.1, 0.15) is 0 Å². The fourth-order valence-corrected chi connectivity index (χ4v) is 3.44. The van der Waals surface area contributed by atoms with Gasteiger partial charge in [0.2, 0.25) is 5.82 Å². The molecule has 0 aromatic heterocycles. The van der Waals surface area contributed by atoms with Crippen LogP contribution in [0.3, 0.4) is 0 Å². The number of hydrogen-bond acceptors (Lipinski definition) is 3. The molecular formula is C28H19F3O3. The molecule has 0 amide bonds. The molecule has 4 aromatic rings. The molecule has 0 saturated heterocycles. The average molecular weight is 460 g/mol. The van der Waals surface area contributed by atoms with Crippen LogP contribution < -0.4 is 9.47 Å². The Morgan fingerprint density at radius 2 is 1.38 bits per heavy atom. The largest absolute Gasteiger partial charge is 0.494 e. The summed E-state index contributed by atoms with van der Waals surface area (Å²) in [6.07, 6.45) is 1.64. The van der Waals surface area contributed by atoms with E-state index in [1.54, 1.807) is 48.5 Å². The lowest BCUT2D eigenvalue weighted by atomic mass is 10.0. The van der Waals surface area contributed by atoms with E-state index in [9.17, 15) is 18.0 Å². The molecule has 4 aromatic carbocycles. The van der Waals surface area contributed by atoms with Gasteiger partial charge >= 0.3 is 5.97 Å². The van der Waals surface area contributed by atoms with Gasteiger partial charge in [-0.2, -0.15) is 4.39 Å². The quantitative estimate of drug-likeness (QED) is 0.224. The molecule has 0 unspecified atom stereocenters. The second kappa shape index (κ2) is 9.67. The average Bonchev–Trinajstić information content (AvgIpc) is 2.87. The summed E-state index contributed by atoms with van der Waals surface area (Å²) in [7, 11) is 1.38. The number of benzene rings is 4. The van der Waals surface area contributed by atoms with E-state index in [-0.39, 0.29) is 16.9 Å². The normalized spacial score (nSPS) is 10.6. The Kier molecular flexibility index (Phi) is 6.50. The van der Waals surface area contributed by atoms with Gasteiger partial charge in [-0.15, -0.1) is 0 Å². The Morgan fingerprint density at radius 1 is 0.765 bits per heavy atom. The number of hydrogen-bond donors (Lipinski definition) is 0. The van der Waals surface area contributed by atoms with Crippen LogP contribution in [0.25, 0.3) is 28.3 Å². The Balaban J connectivity index is 1.52. The highest BCUT2D eigenvalue weighted by atomic mass is 19.2. The highest BCUT2D eigenvalue weighted by Gasteiger charge is 2.19. The number of ether oxygens (including phenoxy) is 2. The molecule has 0 N–H and O–H groups in total. The number of rotatable bonds is 6. The highest BCUT2D eigenvalue weighted by molar-refractivity contribution is 5.91. The summed E-state index contributed by atoms with van der Waals surface area (Å²) in [4.78, 5) is 12.5. The lowest BCUT2D eigenvalue weighted by molar-refractivity contribution is 0.0727. The summed E-state index contributed by atoms with van der Waals surface area (Å²) in [5.41, 5.74) is 2.74. The van der Waals surface area contributed by atoms with Crippen LogP contribution in [0.1, 0.15) is 15.9 Å². The van der Waals surface area contributed by atoms with E-state index in [1.807, 2.05) is 0 Å². The van der Waals surface area contributed by atoms with Gasteiger partial charge in [-0.05, 0) is 58.7 Å². The standard InChI is InChI=1S/C28H19F3O3/c1-3-17-4-6-19(7-5-17)22-13-15-25(27(31)26(22)30)34-28(32)20-10-8-18(9-11-20)21-12-14-24(33-2)23(29)16-21/h3-16H,1H2,2H3. The van der Waals surface area contributed by atoms with Crippen LogP contribution in [0.2, 0.25) is 0 Å². The zero-order valence-corrected chi connectivity index (χ0v) is 18.1. The van der Waals surface area contributed by atoms with Gasteiger partial charge in [-0.3, -0.25) is 0 Å². The molecule has 0 atom stereocenters. The molecule has 34 heavy (non-hydrogen) atoms. The van der Waals surface area contributed by atoms with Crippen LogP contribution in [0.15, 0.2) is 85.4 Å². The van der Waals surface area contributed by atoms with Gasteiger partial charge < -0.3 is 9.47 Å². The van der Waals surface area contributed by atoms with Crippen molar-refractivity contribution < 1.29 is 27.4 Å². The fourth-order valence-electron chi connectivity index (χ4n) is 3.44. The third-order valence-electron chi connectivity index (χ3n) is 5.31. The molecule has 6 heteroatoms. The van der Waals surface area contributed by atoms with E-state index < -0.39 is 29.2 Å². The molecule has 0 aliphatic heterocycles. The first-order valence-corrected chi connectivity index (χ1v) is 10.3. The number of carbonyl (C=O) groups excluding carboxylic acids is 1. The lowest BCUT2D eigenvalue weighted by Crippen LogP contribution is -2.10. The minimum Gasteiger partial charge on any atom is -0.494 e. The first-order valence-electron chi connectivity index (χ1n) is 10.3. The zero-order valence-electron chi connectivity index (χ0n) is 18.1. The van der Waals surface area contributed by atoms with E-state index in [0.717, 1.165) is 5.56 Å². The second-order valence-electron chi connectivity index (χ2n) is 7.38. The van der Waals surface area contributed by atoms with Crippen LogP contribution in [0.5, 0.6) is 11.5 Å². The van der Waals surface area contributed by atoms with Gasteiger partial charge in [0.05, 0.1) is 12.7 Å².